The van der Waals surface area contributed by atoms with E-state index in [2.05, 4.69) is 20.5 Å². The normalized spacial score (nSPS) is 12.5. The first-order valence-electron chi connectivity index (χ1n) is 14.6. The molecular formula is C34H28N6O8S2. The Bertz CT molecular complexity index is 2680. The van der Waals surface area contributed by atoms with Gasteiger partial charge in [0.1, 0.15) is 21.2 Å². The molecule has 0 aliphatic heterocycles. The van der Waals surface area contributed by atoms with Gasteiger partial charge in [0.2, 0.25) is 0 Å². The van der Waals surface area contributed by atoms with Gasteiger partial charge >= 0.3 is 0 Å². The molecule has 0 aromatic heterocycles. The smallest absolute Gasteiger partial charge is 0.296 e. The van der Waals surface area contributed by atoms with Crippen LogP contribution in [0.3, 0.4) is 0 Å². The minimum absolute atomic E-state index is 0.0140. The highest BCUT2D eigenvalue weighted by Crippen LogP contribution is 2.44. The molecule has 6 rings (SSSR count). The summed E-state index contributed by atoms with van der Waals surface area (Å²) in [6.07, 6.45) is 0. The summed E-state index contributed by atoms with van der Waals surface area (Å²) >= 11 is 0. The highest BCUT2D eigenvalue weighted by molar-refractivity contribution is 7.86. The van der Waals surface area contributed by atoms with E-state index in [1.807, 2.05) is 25.1 Å². The first-order valence-corrected chi connectivity index (χ1v) is 17.5. The highest BCUT2D eigenvalue weighted by atomic mass is 32.2. The van der Waals surface area contributed by atoms with Crippen molar-refractivity contribution in [3.05, 3.63) is 96.1 Å². The third kappa shape index (κ3) is 6.30. The predicted octanol–water partition coefficient (Wildman–Crippen LogP) is 8.18. The largest absolute Gasteiger partial charge is 0.505 e. The van der Waals surface area contributed by atoms with Gasteiger partial charge in [0, 0.05) is 27.5 Å². The number of azo groups is 2. The van der Waals surface area contributed by atoms with Crippen LogP contribution in [0.2, 0.25) is 0 Å². The second kappa shape index (κ2) is 12.5. The molecule has 8 N–H and O–H groups in total. The number of benzene rings is 6. The van der Waals surface area contributed by atoms with Crippen LogP contribution in [-0.4, -0.2) is 36.2 Å². The fourth-order valence-electron chi connectivity index (χ4n) is 5.52. The lowest BCUT2D eigenvalue weighted by Gasteiger charge is -2.11. The Balaban J connectivity index is 1.28. The van der Waals surface area contributed by atoms with Crippen molar-refractivity contribution in [2.45, 2.75) is 23.6 Å². The molecule has 254 valence electrons. The minimum Gasteiger partial charge on any atom is -0.505 e. The summed E-state index contributed by atoms with van der Waals surface area (Å²) in [6, 6.07) is 21.6. The van der Waals surface area contributed by atoms with E-state index < -0.39 is 47.2 Å². The Labute approximate surface area is 285 Å². The van der Waals surface area contributed by atoms with Crippen molar-refractivity contribution in [1.29, 1.82) is 0 Å². The number of hydrogen-bond donors (Lipinski definition) is 6. The SMILES string of the molecule is Cc1cc(-c2ccc(N=Nc3c(S(=O)(=O)O)cc4c(N)cccc4c3O)c(C)c2)ccc1N=Nc1ccc2c(S(=O)(=O)O)ccc(N)c2c1O. The lowest BCUT2D eigenvalue weighted by Crippen LogP contribution is -2.00. The van der Waals surface area contributed by atoms with Crippen molar-refractivity contribution < 1.29 is 36.2 Å². The number of hydrogen-bond acceptors (Lipinski definition) is 12. The van der Waals surface area contributed by atoms with Crippen molar-refractivity contribution in [3.63, 3.8) is 0 Å². The zero-order valence-corrected chi connectivity index (χ0v) is 27.9. The van der Waals surface area contributed by atoms with Gasteiger partial charge in [-0.1, -0.05) is 30.3 Å². The molecule has 0 bridgehead atoms. The number of fused-ring (bicyclic) bond motifs is 2. The quantitative estimate of drug-likeness (QED) is 0.0526. The van der Waals surface area contributed by atoms with Crippen LogP contribution < -0.4 is 11.5 Å². The van der Waals surface area contributed by atoms with Crippen LogP contribution >= 0.6 is 0 Å². The van der Waals surface area contributed by atoms with E-state index >= 15 is 0 Å². The maximum Gasteiger partial charge on any atom is 0.296 e. The Morgan fingerprint density at radius 2 is 1.10 bits per heavy atom. The van der Waals surface area contributed by atoms with Crippen molar-refractivity contribution in [1.82, 2.24) is 0 Å². The molecule has 0 radical (unpaired) electrons. The zero-order valence-electron chi connectivity index (χ0n) is 26.3. The number of nitrogens with two attached hydrogens (primary N) is 2. The maximum absolute atomic E-state index is 12.2. The lowest BCUT2D eigenvalue weighted by molar-refractivity contribution is 0.472. The van der Waals surface area contributed by atoms with E-state index in [0.29, 0.717) is 16.9 Å². The molecule has 6 aromatic rings. The first-order chi connectivity index (χ1) is 23.5. The number of nitrogens with zero attached hydrogens (tertiary/aromatic N) is 4. The van der Waals surface area contributed by atoms with Crippen LogP contribution in [0.5, 0.6) is 11.5 Å². The fraction of sp³-hybridized carbons (Fsp3) is 0.0588. The molecule has 0 saturated heterocycles. The number of rotatable bonds is 7. The summed E-state index contributed by atoms with van der Waals surface area (Å²) in [7, 11) is -9.37. The molecule has 6 aromatic carbocycles. The van der Waals surface area contributed by atoms with Gasteiger partial charge in [-0.05, 0) is 90.7 Å². The summed E-state index contributed by atoms with van der Waals surface area (Å²) in [5.74, 6) is -0.898. The van der Waals surface area contributed by atoms with E-state index in [9.17, 15) is 36.2 Å². The van der Waals surface area contributed by atoms with Crippen LogP contribution in [0, 0.1) is 13.8 Å². The number of nitrogen functional groups attached to an aromatic ring is 2. The van der Waals surface area contributed by atoms with Crippen molar-refractivity contribution >= 4 is 75.9 Å². The first kappa shape index (κ1) is 33.9. The lowest BCUT2D eigenvalue weighted by atomic mass is 10.0. The average Bonchev–Trinajstić information content (AvgIpc) is 3.04. The second-order valence-electron chi connectivity index (χ2n) is 11.4. The standard InChI is InChI=1S/C34H28N6O8S2/c1-17-14-19(6-10-26(17)37-39-28-12-8-22-29(49(43,44)45)13-9-25(36)31(22)34(28)42)20-7-11-27(18(2)15-20)38-40-32-30(50(46,47)48)16-23-21(33(32)41)4-3-5-24(23)35/h3-16,41-42H,35-36H2,1-2H3,(H,43,44,45)(H,46,47,48). The third-order valence-electron chi connectivity index (χ3n) is 8.06. The van der Waals surface area contributed by atoms with Crippen LogP contribution in [0.1, 0.15) is 11.1 Å². The number of phenolic OH excluding ortho intramolecular Hbond substituents is 2. The summed E-state index contributed by atoms with van der Waals surface area (Å²) in [5.41, 5.74) is 15.8. The minimum atomic E-state index is -4.80. The molecule has 50 heavy (non-hydrogen) atoms. The van der Waals surface area contributed by atoms with Crippen LogP contribution in [0.15, 0.2) is 115 Å². The zero-order chi connectivity index (χ0) is 36.1. The molecular weight excluding hydrogens is 685 g/mol. The van der Waals surface area contributed by atoms with Gasteiger partial charge in [-0.3, -0.25) is 9.11 Å². The van der Waals surface area contributed by atoms with E-state index in [-0.39, 0.29) is 38.6 Å². The van der Waals surface area contributed by atoms with Crippen molar-refractivity contribution in [2.75, 3.05) is 11.5 Å². The van der Waals surface area contributed by atoms with E-state index in [1.54, 1.807) is 31.2 Å². The molecule has 0 aliphatic carbocycles. The Hall–Kier alpha value is -5.94. The number of anilines is 2. The van der Waals surface area contributed by atoms with Gasteiger partial charge in [-0.25, -0.2) is 0 Å². The van der Waals surface area contributed by atoms with Gasteiger partial charge in [-0.2, -0.15) is 27.1 Å². The number of phenols is 2. The summed E-state index contributed by atoms with van der Waals surface area (Å²) in [4.78, 5) is -1.04. The molecule has 0 heterocycles. The van der Waals surface area contributed by atoms with E-state index in [4.69, 9.17) is 11.5 Å². The molecule has 0 unspecified atom stereocenters. The van der Waals surface area contributed by atoms with Gasteiger partial charge in [0.15, 0.2) is 11.5 Å². The Morgan fingerprint density at radius 3 is 1.68 bits per heavy atom. The second-order valence-corrected chi connectivity index (χ2v) is 14.2. The third-order valence-corrected chi connectivity index (χ3v) is 9.84. The fourth-order valence-corrected chi connectivity index (χ4v) is 6.85. The Kier molecular flexibility index (Phi) is 8.49. The molecule has 14 nitrogen and oxygen atoms in total. The van der Waals surface area contributed by atoms with Gasteiger partial charge in [-0.15, -0.1) is 10.2 Å². The van der Waals surface area contributed by atoms with Gasteiger partial charge in [0.25, 0.3) is 20.2 Å². The molecule has 0 amide bonds. The number of aromatic hydroxyl groups is 2. The summed E-state index contributed by atoms with van der Waals surface area (Å²) in [5, 5.41) is 38.8. The predicted molar refractivity (Wildman–Crippen MR) is 189 cm³/mol. The molecule has 0 fully saturated rings. The monoisotopic (exact) mass is 712 g/mol. The Morgan fingerprint density at radius 1 is 0.540 bits per heavy atom. The summed E-state index contributed by atoms with van der Waals surface area (Å²) in [6.45, 7) is 3.60. The summed E-state index contributed by atoms with van der Waals surface area (Å²) < 4.78 is 67.3. The van der Waals surface area contributed by atoms with E-state index in [0.717, 1.165) is 28.8 Å². The molecule has 0 saturated carbocycles. The van der Waals surface area contributed by atoms with Crippen LogP contribution in [0.4, 0.5) is 34.1 Å². The van der Waals surface area contributed by atoms with Gasteiger partial charge < -0.3 is 21.7 Å². The molecule has 0 spiro atoms. The molecule has 0 aliphatic rings. The molecule has 16 heteroatoms. The van der Waals surface area contributed by atoms with Crippen molar-refractivity contribution in [3.8, 4) is 22.6 Å². The number of aryl methyl sites for hydroxylation is 2. The van der Waals surface area contributed by atoms with Crippen molar-refractivity contribution in [2.24, 2.45) is 20.5 Å². The maximum atomic E-state index is 12.2. The van der Waals surface area contributed by atoms with Crippen LogP contribution in [-0.2, 0) is 20.2 Å². The highest BCUT2D eigenvalue weighted by Gasteiger charge is 2.23. The van der Waals surface area contributed by atoms with E-state index in [1.165, 1.54) is 30.3 Å². The van der Waals surface area contributed by atoms with Gasteiger partial charge in [0.05, 0.1) is 16.8 Å². The van der Waals surface area contributed by atoms with Crippen LogP contribution in [0.25, 0.3) is 32.7 Å². The molecule has 0 atom stereocenters. The average molecular weight is 713 g/mol. The topological polar surface area (TPSA) is 251 Å².